The number of benzene rings is 1. The minimum Gasteiger partial charge on any atom is -0.381 e. The molecule has 2 rings (SSSR count). The van der Waals surface area contributed by atoms with Crippen molar-refractivity contribution in [1.82, 2.24) is 0 Å². The van der Waals surface area contributed by atoms with Crippen molar-refractivity contribution in [2.75, 3.05) is 0 Å². The number of hydrogen-bond donors (Lipinski definition) is 1. The molecule has 1 aromatic rings. The van der Waals surface area contributed by atoms with Crippen molar-refractivity contribution < 1.29 is 9.50 Å². The summed E-state index contributed by atoms with van der Waals surface area (Å²) in [6.07, 6.45) is 1.33. The second-order valence-corrected chi connectivity index (χ2v) is 3.94. The van der Waals surface area contributed by atoms with Crippen molar-refractivity contribution in [2.24, 2.45) is 0 Å². The van der Waals surface area contributed by atoms with Gasteiger partial charge in [0.1, 0.15) is 11.4 Å². The predicted octanol–water partition coefficient (Wildman–Crippen LogP) is 2.54. The molecule has 0 spiro atoms. The Hall–Kier alpha value is -1.15. The molecule has 0 amide bonds. The van der Waals surface area contributed by atoms with Crippen LogP contribution in [-0.4, -0.2) is 5.11 Å². The lowest BCUT2D eigenvalue weighted by Gasteiger charge is -2.24. The molecule has 0 saturated carbocycles. The monoisotopic (exact) mass is 192 g/mol. The second-order valence-electron chi connectivity index (χ2n) is 3.94. The lowest BCUT2D eigenvalue weighted by atomic mass is 9.89. The molecule has 1 N–H and O–H groups in total. The predicted molar refractivity (Wildman–Crippen MR) is 53.4 cm³/mol. The SMILES string of the molecule is C=C(C)C1(O)CCc2cc(F)ccc21. The third kappa shape index (κ3) is 1.18. The number of halogens is 1. The van der Waals surface area contributed by atoms with Gasteiger partial charge in [0.05, 0.1) is 0 Å². The average molecular weight is 192 g/mol. The summed E-state index contributed by atoms with van der Waals surface area (Å²) >= 11 is 0. The van der Waals surface area contributed by atoms with E-state index in [0.717, 1.165) is 23.1 Å². The maximum absolute atomic E-state index is 12.9. The van der Waals surface area contributed by atoms with Crippen molar-refractivity contribution in [3.8, 4) is 0 Å². The summed E-state index contributed by atoms with van der Waals surface area (Å²) in [5, 5.41) is 10.3. The average Bonchev–Trinajstić information content (AvgIpc) is 2.45. The van der Waals surface area contributed by atoms with Gasteiger partial charge in [-0.15, -0.1) is 0 Å². The van der Waals surface area contributed by atoms with Crippen LogP contribution in [0.4, 0.5) is 4.39 Å². The fraction of sp³-hybridized carbons (Fsp3) is 0.333. The highest BCUT2D eigenvalue weighted by Crippen LogP contribution is 2.41. The van der Waals surface area contributed by atoms with Gasteiger partial charge in [0, 0.05) is 0 Å². The van der Waals surface area contributed by atoms with Gasteiger partial charge < -0.3 is 5.11 Å². The van der Waals surface area contributed by atoms with Crippen LogP contribution in [0.5, 0.6) is 0 Å². The molecule has 74 valence electrons. The Morgan fingerprint density at radius 1 is 1.57 bits per heavy atom. The van der Waals surface area contributed by atoms with Gasteiger partial charge >= 0.3 is 0 Å². The minimum atomic E-state index is -0.941. The molecule has 0 saturated heterocycles. The first-order valence-electron chi connectivity index (χ1n) is 4.71. The van der Waals surface area contributed by atoms with Gasteiger partial charge in [-0.25, -0.2) is 4.39 Å². The molecule has 0 bridgehead atoms. The maximum atomic E-state index is 12.9. The van der Waals surface area contributed by atoms with Crippen LogP contribution in [-0.2, 0) is 12.0 Å². The van der Waals surface area contributed by atoms with Crippen molar-refractivity contribution >= 4 is 0 Å². The summed E-state index contributed by atoms with van der Waals surface area (Å²) in [6.45, 7) is 5.59. The molecule has 1 aliphatic carbocycles. The number of hydrogen-bond acceptors (Lipinski definition) is 1. The Kier molecular flexibility index (Phi) is 1.96. The van der Waals surface area contributed by atoms with Crippen molar-refractivity contribution in [3.05, 3.63) is 47.3 Å². The summed E-state index contributed by atoms with van der Waals surface area (Å²) in [4.78, 5) is 0. The van der Waals surface area contributed by atoms with Gasteiger partial charge in [0.15, 0.2) is 0 Å². The number of rotatable bonds is 1. The summed E-state index contributed by atoms with van der Waals surface area (Å²) in [7, 11) is 0. The molecule has 1 aliphatic rings. The molecule has 14 heavy (non-hydrogen) atoms. The smallest absolute Gasteiger partial charge is 0.123 e. The molecular weight excluding hydrogens is 179 g/mol. The molecule has 0 fully saturated rings. The highest BCUT2D eigenvalue weighted by atomic mass is 19.1. The van der Waals surface area contributed by atoms with E-state index in [4.69, 9.17) is 0 Å². The van der Waals surface area contributed by atoms with Crippen LogP contribution >= 0.6 is 0 Å². The van der Waals surface area contributed by atoms with E-state index in [1.807, 2.05) is 0 Å². The summed E-state index contributed by atoms with van der Waals surface area (Å²) in [5.41, 5.74) is 1.49. The molecule has 0 aliphatic heterocycles. The normalized spacial score (nSPS) is 24.8. The van der Waals surface area contributed by atoms with Gasteiger partial charge in [0.2, 0.25) is 0 Å². The van der Waals surface area contributed by atoms with Crippen LogP contribution < -0.4 is 0 Å². The van der Waals surface area contributed by atoms with Gasteiger partial charge in [-0.3, -0.25) is 0 Å². The molecule has 0 aromatic heterocycles. The largest absolute Gasteiger partial charge is 0.381 e. The lowest BCUT2D eigenvalue weighted by Crippen LogP contribution is -2.22. The van der Waals surface area contributed by atoms with Crippen LogP contribution in [0.1, 0.15) is 24.5 Å². The van der Waals surface area contributed by atoms with Gasteiger partial charge in [-0.05, 0) is 48.6 Å². The van der Waals surface area contributed by atoms with Crippen LogP contribution in [0.15, 0.2) is 30.4 Å². The van der Waals surface area contributed by atoms with Crippen LogP contribution in [0.2, 0.25) is 0 Å². The van der Waals surface area contributed by atoms with Gasteiger partial charge in [0.25, 0.3) is 0 Å². The van der Waals surface area contributed by atoms with E-state index in [1.54, 1.807) is 13.0 Å². The molecule has 1 nitrogen and oxygen atoms in total. The van der Waals surface area contributed by atoms with Crippen molar-refractivity contribution in [3.63, 3.8) is 0 Å². The molecular formula is C12H13FO. The van der Waals surface area contributed by atoms with Crippen LogP contribution in [0, 0.1) is 5.82 Å². The van der Waals surface area contributed by atoms with E-state index in [0.29, 0.717) is 6.42 Å². The third-order valence-corrected chi connectivity index (χ3v) is 2.98. The molecule has 0 heterocycles. The fourth-order valence-corrected chi connectivity index (χ4v) is 2.07. The van der Waals surface area contributed by atoms with Crippen LogP contribution in [0.25, 0.3) is 0 Å². The number of fused-ring (bicyclic) bond motifs is 1. The zero-order chi connectivity index (χ0) is 10.3. The number of aliphatic hydroxyl groups is 1. The first-order chi connectivity index (χ1) is 6.54. The highest BCUT2D eigenvalue weighted by molar-refractivity contribution is 5.42. The summed E-state index contributed by atoms with van der Waals surface area (Å²) < 4.78 is 12.9. The Bertz CT molecular complexity index is 397. The minimum absolute atomic E-state index is 0.241. The zero-order valence-corrected chi connectivity index (χ0v) is 8.18. The quantitative estimate of drug-likeness (QED) is 0.678. The van der Waals surface area contributed by atoms with E-state index < -0.39 is 5.60 Å². The Balaban J connectivity index is 2.55. The van der Waals surface area contributed by atoms with E-state index in [-0.39, 0.29) is 5.82 Å². The van der Waals surface area contributed by atoms with E-state index in [1.165, 1.54) is 12.1 Å². The molecule has 0 radical (unpaired) electrons. The lowest BCUT2D eigenvalue weighted by molar-refractivity contribution is 0.0789. The van der Waals surface area contributed by atoms with Crippen LogP contribution in [0.3, 0.4) is 0 Å². The van der Waals surface area contributed by atoms with E-state index in [9.17, 15) is 9.50 Å². The van der Waals surface area contributed by atoms with Gasteiger partial charge in [-0.1, -0.05) is 12.6 Å². The van der Waals surface area contributed by atoms with Crippen molar-refractivity contribution in [1.29, 1.82) is 0 Å². The number of aryl methyl sites for hydroxylation is 1. The summed E-state index contributed by atoms with van der Waals surface area (Å²) in [5.74, 6) is -0.241. The Morgan fingerprint density at radius 3 is 2.93 bits per heavy atom. The Labute approximate surface area is 82.9 Å². The highest BCUT2D eigenvalue weighted by Gasteiger charge is 2.37. The van der Waals surface area contributed by atoms with Crippen molar-refractivity contribution in [2.45, 2.75) is 25.4 Å². The standard InChI is InChI=1S/C12H13FO/c1-8(2)12(14)6-5-9-7-10(13)3-4-11(9)12/h3-4,7,14H,1,5-6H2,2H3. The Morgan fingerprint density at radius 2 is 2.29 bits per heavy atom. The topological polar surface area (TPSA) is 20.2 Å². The molecule has 1 unspecified atom stereocenters. The molecule has 2 heteroatoms. The first-order valence-corrected chi connectivity index (χ1v) is 4.71. The fourth-order valence-electron chi connectivity index (χ4n) is 2.07. The third-order valence-electron chi connectivity index (χ3n) is 2.98. The van der Waals surface area contributed by atoms with Gasteiger partial charge in [-0.2, -0.15) is 0 Å². The zero-order valence-electron chi connectivity index (χ0n) is 8.18. The second kappa shape index (κ2) is 2.92. The molecule has 1 aromatic carbocycles. The van der Waals surface area contributed by atoms with E-state index >= 15 is 0 Å². The van der Waals surface area contributed by atoms with E-state index in [2.05, 4.69) is 6.58 Å². The summed E-state index contributed by atoms with van der Waals surface area (Å²) in [6, 6.07) is 4.54. The maximum Gasteiger partial charge on any atom is 0.123 e. The first kappa shape index (κ1) is 9.41. The molecule has 1 atom stereocenters.